The van der Waals surface area contributed by atoms with Crippen molar-refractivity contribution in [1.82, 2.24) is 4.98 Å². The molecule has 0 saturated carbocycles. The van der Waals surface area contributed by atoms with E-state index < -0.39 is 0 Å². The number of aryl methyl sites for hydroxylation is 2. The molecule has 1 aromatic heterocycles. The van der Waals surface area contributed by atoms with Gasteiger partial charge in [-0.1, -0.05) is 22.0 Å². The van der Waals surface area contributed by atoms with E-state index in [0.29, 0.717) is 0 Å². The summed E-state index contributed by atoms with van der Waals surface area (Å²) in [6, 6.07) is 8.61. The van der Waals surface area contributed by atoms with Gasteiger partial charge in [-0.2, -0.15) is 0 Å². The summed E-state index contributed by atoms with van der Waals surface area (Å²) in [5.41, 5.74) is 4.83. The first-order valence-corrected chi connectivity index (χ1v) is 6.80. The summed E-state index contributed by atoms with van der Waals surface area (Å²) in [5.74, 6) is 0. The van der Waals surface area contributed by atoms with Gasteiger partial charge in [0.25, 0.3) is 0 Å². The van der Waals surface area contributed by atoms with Crippen molar-refractivity contribution in [2.45, 2.75) is 26.8 Å². The van der Waals surface area contributed by atoms with Crippen molar-refractivity contribution < 1.29 is 0 Å². The summed E-state index contributed by atoms with van der Waals surface area (Å²) in [6.45, 7) is 6.36. The Kier molecular flexibility index (Phi) is 4.02. The number of anilines is 1. The van der Waals surface area contributed by atoms with Crippen molar-refractivity contribution in [2.75, 3.05) is 5.32 Å². The molecule has 2 aromatic rings. The molecule has 94 valence electrons. The van der Waals surface area contributed by atoms with E-state index >= 15 is 0 Å². The molecule has 0 aliphatic carbocycles. The molecule has 0 aliphatic rings. The molecule has 0 aliphatic heterocycles. The van der Waals surface area contributed by atoms with Gasteiger partial charge in [0.2, 0.25) is 0 Å². The van der Waals surface area contributed by atoms with Gasteiger partial charge in [0, 0.05) is 22.6 Å². The minimum absolute atomic E-state index is 0.249. The Morgan fingerprint density at radius 2 is 1.89 bits per heavy atom. The lowest BCUT2D eigenvalue weighted by atomic mass is 10.1. The zero-order valence-corrected chi connectivity index (χ0v) is 12.5. The SMILES string of the molecule is Cc1cc(NC(C)c2cccnc2)cc(C)c1Br. The number of hydrogen-bond acceptors (Lipinski definition) is 2. The van der Waals surface area contributed by atoms with Crippen LogP contribution < -0.4 is 5.32 Å². The zero-order valence-electron chi connectivity index (χ0n) is 10.9. The summed E-state index contributed by atoms with van der Waals surface area (Å²) in [4.78, 5) is 4.15. The minimum Gasteiger partial charge on any atom is -0.378 e. The van der Waals surface area contributed by atoms with Crippen LogP contribution >= 0.6 is 15.9 Å². The second kappa shape index (κ2) is 5.53. The number of nitrogens with zero attached hydrogens (tertiary/aromatic N) is 1. The number of halogens is 1. The van der Waals surface area contributed by atoms with Crippen LogP contribution in [0.4, 0.5) is 5.69 Å². The second-order valence-electron chi connectivity index (χ2n) is 4.58. The number of benzene rings is 1. The Labute approximate surface area is 117 Å². The predicted molar refractivity (Wildman–Crippen MR) is 79.9 cm³/mol. The molecular weight excluding hydrogens is 288 g/mol. The molecule has 0 saturated heterocycles. The highest BCUT2D eigenvalue weighted by Gasteiger charge is 2.07. The molecule has 0 spiro atoms. The smallest absolute Gasteiger partial charge is 0.0500 e. The minimum atomic E-state index is 0.249. The van der Waals surface area contributed by atoms with Crippen LogP contribution in [0.25, 0.3) is 0 Å². The second-order valence-corrected chi connectivity index (χ2v) is 5.37. The Balaban J connectivity index is 2.20. The van der Waals surface area contributed by atoms with E-state index in [4.69, 9.17) is 0 Å². The predicted octanol–water partition coefficient (Wildman–Crippen LogP) is 4.63. The van der Waals surface area contributed by atoms with Crippen molar-refractivity contribution in [3.8, 4) is 0 Å². The van der Waals surface area contributed by atoms with E-state index in [-0.39, 0.29) is 6.04 Å². The van der Waals surface area contributed by atoms with Crippen molar-refractivity contribution in [1.29, 1.82) is 0 Å². The van der Waals surface area contributed by atoms with E-state index in [1.807, 2.05) is 12.3 Å². The lowest BCUT2D eigenvalue weighted by molar-refractivity contribution is 0.875. The number of rotatable bonds is 3. The molecule has 1 aromatic carbocycles. The lowest BCUT2D eigenvalue weighted by Gasteiger charge is -2.17. The quantitative estimate of drug-likeness (QED) is 0.894. The Bertz CT molecular complexity index is 514. The van der Waals surface area contributed by atoms with Crippen molar-refractivity contribution >= 4 is 21.6 Å². The van der Waals surface area contributed by atoms with Crippen LogP contribution in [0.3, 0.4) is 0 Å². The molecular formula is C15H17BrN2. The Morgan fingerprint density at radius 3 is 2.44 bits per heavy atom. The normalized spacial score (nSPS) is 12.2. The van der Waals surface area contributed by atoms with Crippen molar-refractivity contribution in [3.05, 3.63) is 57.8 Å². The zero-order chi connectivity index (χ0) is 13.1. The highest BCUT2D eigenvalue weighted by atomic mass is 79.9. The van der Waals surface area contributed by atoms with E-state index in [1.165, 1.54) is 21.2 Å². The maximum Gasteiger partial charge on any atom is 0.0500 e. The molecule has 18 heavy (non-hydrogen) atoms. The highest BCUT2D eigenvalue weighted by Crippen LogP contribution is 2.27. The summed E-state index contributed by atoms with van der Waals surface area (Å²) in [5, 5.41) is 3.51. The first kappa shape index (κ1) is 13.1. The van der Waals surface area contributed by atoms with Gasteiger partial charge in [0.1, 0.15) is 0 Å². The first-order chi connectivity index (χ1) is 8.58. The van der Waals surface area contributed by atoms with Crippen LogP contribution in [0, 0.1) is 13.8 Å². The molecule has 0 amide bonds. The summed E-state index contributed by atoms with van der Waals surface area (Å²) in [6.07, 6.45) is 3.69. The van der Waals surface area contributed by atoms with Gasteiger partial charge in [0.15, 0.2) is 0 Å². The monoisotopic (exact) mass is 304 g/mol. The van der Waals surface area contributed by atoms with E-state index in [1.54, 1.807) is 6.20 Å². The average Bonchev–Trinajstić information content (AvgIpc) is 2.37. The van der Waals surface area contributed by atoms with Crippen LogP contribution in [0.2, 0.25) is 0 Å². The number of hydrogen-bond donors (Lipinski definition) is 1. The molecule has 0 fully saturated rings. The average molecular weight is 305 g/mol. The van der Waals surface area contributed by atoms with E-state index in [0.717, 1.165) is 5.69 Å². The van der Waals surface area contributed by atoms with Crippen molar-refractivity contribution in [2.24, 2.45) is 0 Å². The fraction of sp³-hybridized carbons (Fsp3) is 0.267. The Hall–Kier alpha value is -1.35. The van der Waals surface area contributed by atoms with Crippen molar-refractivity contribution in [3.63, 3.8) is 0 Å². The van der Waals surface area contributed by atoms with Gasteiger partial charge < -0.3 is 5.32 Å². The van der Waals surface area contributed by atoms with Crippen LogP contribution in [0.15, 0.2) is 41.1 Å². The molecule has 1 atom stereocenters. The molecule has 3 heteroatoms. The topological polar surface area (TPSA) is 24.9 Å². The molecule has 0 radical (unpaired) electrons. The molecule has 1 heterocycles. The molecule has 0 bridgehead atoms. The molecule has 2 nitrogen and oxygen atoms in total. The van der Waals surface area contributed by atoms with Gasteiger partial charge in [-0.05, 0) is 55.7 Å². The van der Waals surface area contributed by atoms with E-state index in [9.17, 15) is 0 Å². The van der Waals surface area contributed by atoms with Gasteiger partial charge in [-0.15, -0.1) is 0 Å². The fourth-order valence-corrected chi connectivity index (χ4v) is 2.22. The summed E-state index contributed by atoms with van der Waals surface area (Å²) < 4.78 is 1.18. The third-order valence-electron chi connectivity index (χ3n) is 3.00. The third kappa shape index (κ3) is 2.91. The summed E-state index contributed by atoms with van der Waals surface area (Å²) in [7, 11) is 0. The van der Waals surface area contributed by atoms with Crippen LogP contribution in [0.5, 0.6) is 0 Å². The van der Waals surface area contributed by atoms with Gasteiger partial charge >= 0.3 is 0 Å². The molecule has 1 N–H and O–H groups in total. The van der Waals surface area contributed by atoms with Crippen LogP contribution in [-0.2, 0) is 0 Å². The largest absolute Gasteiger partial charge is 0.378 e. The van der Waals surface area contributed by atoms with Gasteiger partial charge in [0.05, 0.1) is 6.04 Å². The number of nitrogens with one attached hydrogen (secondary N) is 1. The highest BCUT2D eigenvalue weighted by molar-refractivity contribution is 9.10. The maximum absolute atomic E-state index is 4.15. The van der Waals surface area contributed by atoms with Crippen LogP contribution in [-0.4, -0.2) is 4.98 Å². The third-order valence-corrected chi connectivity index (χ3v) is 4.25. The number of pyridine rings is 1. The Morgan fingerprint density at radius 1 is 1.22 bits per heavy atom. The lowest BCUT2D eigenvalue weighted by Crippen LogP contribution is -2.07. The molecule has 1 unspecified atom stereocenters. The molecule has 2 rings (SSSR count). The van der Waals surface area contributed by atoms with Gasteiger partial charge in [-0.25, -0.2) is 0 Å². The van der Waals surface area contributed by atoms with Crippen LogP contribution in [0.1, 0.15) is 29.7 Å². The fourth-order valence-electron chi connectivity index (χ4n) is 1.99. The van der Waals surface area contributed by atoms with Gasteiger partial charge in [-0.3, -0.25) is 4.98 Å². The maximum atomic E-state index is 4.15. The summed E-state index contributed by atoms with van der Waals surface area (Å²) >= 11 is 3.59. The van der Waals surface area contributed by atoms with E-state index in [2.05, 4.69) is 65.2 Å². The standard InChI is InChI=1S/C15H17BrN2/c1-10-7-14(8-11(2)15(10)16)18-12(3)13-5-4-6-17-9-13/h4-9,12,18H,1-3H3. The first-order valence-electron chi connectivity index (χ1n) is 6.01. The number of aromatic nitrogens is 1.